The van der Waals surface area contributed by atoms with Crippen LogP contribution in [0.4, 0.5) is 0 Å². The highest BCUT2D eigenvalue weighted by Gasteiger charge is 2.42. The van der Waals surface area contributed by atoms with Gasteiger partial charge in [0.15, 0.2) is 0 Å². The van der Waals surface area contributed by atoms with E-state index in [-0.39, 0.29) is 18.3 Å². The van der Waals surface area contributed by atoms with Gasteiger partial charge >= 0.3 is 5.97 Å². The number of rotatable bonds is 5. The number of hydrogen-bond acceptors (Lipinski definition) is 6. The summed E-state index contributed by atoms with van der Waals surface area (Å²) in [5.74, 6) is 0.102. The number of allylic oxidation sites excluding steroid dienone is 12. The quantitative estimate of drug-likeness (QED) is 0.346. The third-order valence-electron chi connectivity index (χ3n) is 9.76. The fourth-order valence-corrected chi connectivity index (χ4v) is 7.29. The van der Waals surface area contributed by atoms with Crippen molar-refractivity contribution in [2.75, 3.05) is 0 Å². The van der Waals surface area contributed by atoms with Crippen molar-refractivity contribution < 1.29 is 15.0 Å². The van der Waals surface area contributed by atoms with Crippen LogP contribution in [-0.4, -0.2) is 33.3 Å². The number of aliphatic carboxylic acids is 1. The van der Waals surface area contributed by atoms with Crippen LogP contribution in [0.3, 0.4) is 0 Å². The number of carboxylic acid groups (broad SMARTS) is 1. The summed E-state index contributed by atoms with van der Waals surface area (Å²) in [6.45, 7) is 10.7. The van der Waals surface area contributed by atoms with Crippen LogP contribution in [0.5, 0.6) is 0 Å². The smallest absolute Gasteiger partial charge is 0.303 e. The fourth-order valence-electron chi connectivity index (χ4n) is 7.29. The number of fused-ring (bicyclic) bond motifs is 5. The third-order valence-corrected chi connectivity index (χ3v) is 9.76. The first-order valence-corrected chi connectivity index (χ1v) is 14.8. The highest BCUT2D eigenvalue weighted by molar-refractivity contribution is 6.21. The molecule has 7 nitrogen and oxygen atoms in total. The second-order valence-corrected chi connectivity index (χ2v) is 12.2. The van der Waals surface area contributed by atoms with Gasteiger partial charge in [-0.05, 0) is 98.5 Å². The van der Waals surface area contributed by atoms with Crippen molar-refractivity contribution in [3.63, 3.8) is 0 Å². The van der Waals surface area contributed by atoms with E-state index in [1.165, 1.54) is 35.1 Å². The van der Waals surface area contributed by atoms with E-state index in [4.69, 9.17) is 15.0 Å². The summed E-state index contributed by atoms with van der Waals surface area (Å²) in [6.07, 6.45) is 10.6. The molecule has 1 saturated carbocycles. The molecule has 8 bridgehead atoms. The molecular formula is C34H36N4O3. The van der Waals surface area contributed by atoms with Crippen molar-refractivity contribution in [2.24, 2.45) is 32.7 Å². The number of nitrogens with one attached hydrogen (secondary N) is 1. The Kier molecular flexibility index (Phi) is 5.86. The number of aliphatic imine (C=N–C) groups is 3. The minimum atomic E-state index is -0.802. The summed E-state index contributed by atoms with van der Waals surface area (Å²) < 4.78 is 0. The van der Waals surface area contributed by atoms with Crippen LogP contribution < -0.4 is 5.32 Å². The zero-order chi connectivity index (χ0) is 28.7. The molecule has 3 N–H and O–H groups in total. The summed E-state index contributed by atoms with van der Waals surface area (Å²) in [6, 6.07) is 0. The minimum Gasteiger partial charge on any atom is -0.511 e. The molecule has 0 aromatic rings. The van der Waals surface area contributed by atoms with Crippen molar-refractivity contribution >= 4 is 23.1 Å². The van der Waals surface area contributed by atoms with Crippen LogP contribution in [0, 0.1) is 17.8 Å². The van der Waals surface area contributed by atoms with E-state index in [2.05, 4.69) is 51.2 Å². The van der Waals surface area contributed by atoms with E-state index in [9.17, 15) is 15.0 Å². The molecule has 5 aliphatic heterocycles. The highest BCUT2D eigenvalue weighted by Crippen LogP contribution is 2.48. The number of nitrogens with zero attached hydrogens (tertiary/aromatic N) is 3. The van der Waals surface area contributed by atoms with Crippen LogP contribution in [0.2, 0.25) is 0 Å². The molecule has 7 heteroatoms. The number of aliphatic hydroxyl groups is 1. The molecule has 210 valence electrons. The lowest BCUT2D eigenvalue weighted by Crippen LogP contribution is -2.15. The van der Waals surface area contributed by atoms with Crippen LogP contribution in [0.25, 0.3) is 0 Å². The van der Waals surface area contributed by atoms with Gasteiger partial charge in [0.25, 0.3) is 0 Å². The summed E-state index contributed by atoms with van der Waals surface area (Å²) in [5, 5.41) is 24.4. The standard InChI is InChI=1S/C34H36N4O3/c1-6-20-15(2)23-14-28-31(19-7-8-19)17(4)25(36-28)12-24-16(3)21(9-10-30(40)41)33(37-24)22-11-29(39)32-18(5)26(38-34(22)32)13-27(20)35-23/h12-14,16,19,21,37,39H,6-11H2,1-5H3,(H,40,41)/t16-,21-/m0/s1. The van der Waals surface area contributed by atoms with Crippen molar-refractivity contribution in [1.82, 2.24) is 5.32 Å². The van der Waals surface area contributed by atoms with Gasteiger partial charge in [0, 0.05) is 47.2 Å². The monoisotopic (exact) mass is 548 g/mol. The molecule has 0 aromatic heterocycles. The van der Waals surface area contributed by atoms with E-state index < -0.39 is 5.97 Å². The second kappa shape index (κ2) is 9.26. The average molecular weight is 549 g/mol. The minimum absolute atomic E-state index is 0.0244. The predicted molar refractivity (Wildman–Crippen MR) is 162 cm³/mol. The Hall–Kier alpha value is -4.00. The molecule has 41 heavy (non-hydrogen) atoms. The maximum Gasteiger partial charge on any atom is 0.303 e. The van der Waals surface area contributed by atoms with Gasteiger partial charge < -0.3 is 15.5 Å². The Bertz CT molecular complexity index is 1690. The molecule has 2 atom stereocenters. The number of hydrogen-bond donors (Lipinski definition) is 3. The Morgan fingerprint density at radius 2 is 1.73 bits per heavy atom. The summed E-state index contributed by atoms with van der Waals surface area (Å²) >= 11 is 0. The molecule has 0 radical (unpaired) electrons. The molecule has 0 aromatic carbocycles. The molecule has 7 rings (SSSR count). The van der Waals surface area contributed by atoms with Gasteiger partial charge in [-0.25, -0.2) is 15.0 Å². The van der Waals surface area contributed by atoms with Gasteiger partial charge in [-0.2, -0.15) is 0 Å². The molecule has 1 saturated heterocycles. The first-order chi connectivity index (χ1) is 19.7. The van der Waals surface area contributed by atoms with Crippen molar-refractivity contribution in [3.05, 3.63) is 91.5 Å². The van der Waals surface area contributed by atoms with Crippen LogP contribution >= 0.6 is 0 Å². The van der Waals surface area contributed by atoms with E-state index in [0.29, 0.717) is 24.5 Å². The fraction of sp³-hybridized carbons (Fsp3) is 0.412. The lowest BCUT2D eigenvalue weighted by molar-refractivity contribution is -0.137. The maximum absolute atomic E-state index is 11.6. The van der Waals surface area contributed by atoms with Gasteiger partial charge in [0.2, 0.25) is 0 Å². The first kappa shape index (κ1) is 25.9. The van der Waals surface area contributed by atoms with Gasteiger partial charge in [-0.3, -0.25) is 4.79 Å². The lowest BCUT2D eigenvalue weighted by Gasteiger charge is -2.17. The Balaban J connectivity index is 1.47. The molecule has 7 aliphatic rings. The molecule has 5 heterocycles. The topological polar surface area (TPSA) is 107 Å². The van der Waals surface area contributed by atoms with Crippen LogP contribution in [0.1, 0.15) is 73.1 Å². The van der Waals surface area contributed by atoms with Crippen LogP contribution in [0.15, 0.2) is 106 Å². The number of aliphatic hydroxyl groups excluding tert-OH is 1. The molecule has 2 aliphatic carbocycles. The second-order valence-electron chi connectivity index (χ2n) is 12.2. The lowest BCUT2D eigenvalue weighted by atomic mass is 9.86. The van der Waals surface area contributed by atoms with E-state index in [0.717, 1.165) is 68.8 Å². The molecule has 0 unspecified atom stereocenters. The average Bonchev–Trinajstić information content (AvgIpc) is 3.26. The van der Waals surface area contributed by atoms with E-state index >= 15 is 0 Å². The van der Waals surface area contributed by atoms with Gasteiger partial charge in [-0.1, -0.05) is 13.8 Å². The summed E-state index contributed by atoms with van der Waals surface area (Å²) in [5.41, 5.74) is 15.1. The highest BCUT2D eigenvalue weighted by atomic mass is 16.4. The van der Waals surface area contributed by atoms with Crippen LogP contribution in [-0.2, 0) is 4.79 Å². The zero-order valence-electron chi connectivity index (χ0n) is 24.4. The predicted octanol–water partition coefficient (Wildman–Crippen LogP) is 6.93. The SMILES string of the molecule is CCC1=C(C)C2=NC1=CC1=C(C)C3=C(O)CC(=C4NC(=CC5=NC(=C2)C(C2CC2)=C5C)[C@@H](C)[C@@H]4CCC(=O)O)C3=N1. The van der Waals surface area contributed by atoms with Crippen molar-refractivity contribution in [1.29, 1.82) is 0 Å². The largest absolute Gasteiger partial charge is 0.511 e. The molecular weight excluding hydrogens is 512 g/mol. The number of carboxylic acids is 1. The van der Waals surface area contributed by atoms with Gasteiger partial charge in [0.1, 0.15) is 5.76 Å². The van der Waals surface area contributed by atoms with E-state index in [1.807, 2.05) is 6.92 Å². The first-order valence-electron chi connectivity index (χ1n) is 14.8. The summed E-state index contributed by atoms with van der Waals surface area (Å²) in [7, 11) is 0. The Labute approximate surface area is 240 Å². The number of carbonyl (C=O) groups is 1. The maximum atomic E-state index is 11.6. The molecule has 0 amide bonds. The van der Waals surface area contributed by atoms with Crippen molar-refractivity contribution in [3.8, 4) is 0 Å². The van der Waals surface area contributed by atoms with Gasteiger partial charge in [-0.15, -0.1) is 0 Å². The zero-order valence-corrected chi connectivity index (χ0v) is 24.4. The Morgan fingerprint density at radius 1 is 1.00 bits per heavy atom. The molecule has 2 fully saturated rings. The van der Waals surface area contributed by atoms with Crippen molar-refractivity contribution in [2.45, 2.75) is 73.1 Å². The summed E-state index contributed by atoms with van der Waals surface area (Å²) in [4.78, 5) is 27.0. The van der Waals surface area contributed by atoms with E-state index in [1.54, 1.807) is 0 Å². The normalized spacial score (nSPS) is 27.0. The molecule has 0 spiro atoms. The third kappa shape index (κ3) is 4.00. The van der Waals surface area contributed by atoms with Gasteiger partial charge in [0.05, 0.1) is 34.2 Å². The Morgan fingerprint density at radius 3 is 2.44 bits per heavy atom.